The number of hydrogen-bond acceptors (Lipinski definition) is 5. The van der Waals surface area contributed by atoms with Gasteiger partial charge in [0.25, 0.3) is 5.91 Å². The van der Waals surface area contributed by atoms with Crippen LogP contribution in [-0.2, 0) is 30.8 Å². The Bertz CT molecular complexity index is 1280. The molecule has 4 rings (SSSR count). The molecule has 1 unspecified atom stereocenters. The van der Waals surface area contributed by atoms with E-state index < -0.39 is 34.5 Å². The summed E-state index contributed by atoms with van der Waals surface area (Å²) in [7, 11) is -3.83. The van der Waals surface area contributed by atoms with Gasteiger partial charge in [-0.05, 0) is 53.9 Å². The monoisotopic (exact) mass is 542 g/mol. The highest BCUT2D eigenvalue weighted by molar-refractivity contribution is 9.10. The summed E-state index contributed by atoms with van der Waals surface area (Å²) in [5.41, 5.74) is 2.34. The molecule has 1 amide bonds. The molecular weight excluding hydrogens is 520 g/mol. The van der Waals surface area contributed by atoms with Crippen LogP contribution in [0.3, 0.4) is 0 Å². The summed E-state index contributed by atoms with van der Waals surface area (Å²) in [5, 5.41) is 2.66. The number of hydrogen-bond donors (Lipinski definition) is 1. The molecule has 0 aliphatic carbocycles. The summed E-state index contributed by atoms with van der Waals surface area (Å²) in [6.45, 7) is -0.217. The topological polar surface area (TPSA) is 92.8 Å². The Balaban J connectivity index is 1.48. The third kappa shape index (κ3) is 5.55. The Kier molecular flexibility index (Phi) is 7.45. The van der Waals surface area contributed by atoms with E-state index in [1.54, 1.807) is 42.5 Å². The molecule has 0 fully saturated rings. The first-order chi connectivity index (χ1) is 16.3. The van der Waals surface area contributed by atoms with E-state index in [1.165, 1.54) is 16.4 Å². The first-order valence-electron chi connectivity index (χ1n) is 10.7. The number of esters is 1. The van der Waals surface area contributed by atoms with E-state index in [2.05, 4.69) is 21.2 Å². The SMILES string of the molecule is O=C(COC(=O)CC1c2ccccc2CCN1S(=O)(=O)c1ccccc1)Nc1ccc(Br)cc1. The zero-order valence-electron chi connectivity index (χ0n) is 18.2. The Morgan fingerprint density at radius 1 is 0.971 bits per heavy atom. The van der Waals surface area contributed by atoms with Gasteiger partial charge < -0.3 is 10.1 Å². The van der Waals surface area contributed by atoms with Crippen molar-refractivity contribution in [1.29, 1.82) is 0 Å². The van der Waals surface area contributed by atoms with Crippen LogP contribution in [-0.4, -0.2) is 37.8 Å². The van der Waals surface area contributed by atoms with Gasteiger partial charge >= 0.3 is 5.97 Å². The molecule has 1 heterocycles. The Labute approximate surface area is 206 Å². The predicted octanol–water partition coefficient (Wildman–Crippen LogP) is 4.31. The van der Waals surface area contributed by atoms with Crippen LogP contribution in [0.5, 0.6) is 0 Å². The van der Waals surface area contributed by atoms with Gasteiger partial charge in [-0.2, -0.15) is 4.31 Å². The van der Waals surface area contributed by atoms with Crippen molar-refractivity contribution in [2.75, 3.05) is 18.5 Å². The quantitative estimate of drug-likeness (QED) is 0.449. The minimum absolute atomic E-state index is 0.168. The summed E-state index contributed by atoms with van der Waals surface area (Å²) in [5.74, 6) is -1.13. The van der Waals surface area contributed by atoms with Crippen LogP contribution in [0.15, 0.2) is 88.2 Å². The fraction of sp³-hybridized carbons (Fsp3) is 0.200. The summed E-state index contributed by atoms with van der Waals surface area (Å²) >= 11 is 3.32. The Morgan fingerprint density at radius 2 is 1.65 bits per heavy atom. The standard InChI is InChI=1S/C25H23BrN2O5S/c26-19-10-12-20(13-11-19)27-24(29)17-33-25(30)16-23-22-9-5-4-6-18(22)14-15-28(23)34(31,32)21-7-2-1-3-8-21/h1-13,23H,14-17H2,(H,27,29). The first-order valence-corrected chi connectivity index (χ1v) is 12.9. The molecule has 0 bridgehead atoms. The number of amides is 1. The number of benzene rings is 3. The maximum atomic E-state index is 13.4. The largest absolute Gasteiger partial charge is 0.456 e. The van der Waals surface area contributed by atoms with Gasteiger partial charge in [-0.3, -0.25) is 9.59 Å². The third-order valence-electron chi connectivity index (χ3n) is 5.57. The van der Waals surface area contributed by atoms with Gasteiger partial charge in [0.15, 0.2) is 6.61 Å². The van der Waals surface area contributed by atoms with E-state index in [4.69, 9.17) is 4.74 Å². The molecule has 9 heteroatoms. The maximum Gasteiger partial charge on any atom is 0.308 e. The van der Waals surface area contributed by atoms with E-state index in [-0.39, 0.29) is 17.9 Å². The van der Waals surface area contributed by atoms with Crippen LogP contribution < -0.4 is 5.32 Å². The van der Waals surface area contributed by atoms with Crippen LogP contribution >= 0.6 is 15.9 Å². The fourth-order valence-electron chi connectivity index (χ4n) is 3.95. The lowest BCUT2D eigenvalue weighted by Crippen LogP contribution is -2.41. The second-order valence-corrected chi connectivity index (χ2v) is 10.6. The molecule has 3 aromatic carbocycles. The highest BCUT2D eigenvalue weighted by atomic mass is 79.9. The molecule has 3 aromatic rings. The lowest BCUT2D eigenvalue weighted by atomic mass is 9.92. The molecule has 0 aromatic heterocycles. The molecule has 0 saturated heterocycles. The second kappa shape index (κ2) is 10.5. The highest BCUT2D eigenvalue weighted by Crippen LogP contribution is 2.36. The van der Waals surface area contributed by atoms with Gasteiger partial charge in [0, 0.05) is 16.7 Å². The number of carbonyl (C=O) groups excluding carboxylic acids is 2. The van der Waals surface area contributed by atoms with E-state index >= 15 is 0 Å². The zero-order valence-corrected chi connectivity index (χ0v) is 20.6. The summed E-state index contributed by atoms with van der Waals surface area (Å²) in [4.78, 5) is 25.1. The molecule has 0 spiro atoms. The van der Waals surface area contributed by atoms with E-state index in [0.717, 1.165) is 15.6 Å². The van der Waals surface area contributed by atoms with Gasteiger partial charge in [-0.25, -0.2) is 8.42 Å². The molecule has 34 heavy (non-hydrogen) atoms. The maximum absolute atomic E-state index is 13.4. The number of rotatable bonds is 7. The van der Waals surface area contributed by atoms with Crippen molar-refractivity contribution in [3.63, 3.8) is 0 Å². The Hall–Kier alpha value is -3.01. The molecular formula is C25H23BrN2O5S. The van der Waals surface area contributed by atoms with Gasteiger partial charge in [-0.15, -0.1) is 0 Å². The molecule has 1 N–H and O–H groups in total. The number of anilines is 1. The summed E-state index contributed by atoms with van der Waals surface area (Å²) in [6, 6.07) is 21.9. The van der Waals surface area contributed by atoms with E-state index in [1.807, 2.05) is 24.3 Å². The van der Waals surface area contributed by atoms with Gasteiger partial charge in [0.05, 0.1) is 17.4 Å². The van der Waals surface area contributed by atoms with Crippen molar-refractivity contribution in [1.82, 2.24) is 4.31 Å². The fourth-order valence-corrected chi connectivity index (χ4v) is 5.84. The molecule has 1 atom stereocenters. The lowest BCUT2D eigenvalue weighted by molar-refractivity contribution is -0.148. The van der Waals surface area contributed by atoms with E-state index in [9.17, 15) is 18.0 Å². The number of nitrogens with zero attached hydrogens (tertiary/aromatic N) is 1. The van der Waals surface area contributed by atoms with Gasteiger partial charge in [-0.1, -0.05) is 58.4 Å². The number of carbonyl (C=O) groups is 2. The smallest absolute Gasteiger partial charge is 0.308 e. The number of ether oxygens (including phenoxy) is 1. The number of fused-ring (bicyclic) bond motifs is 1. The van der Waals surface area contributed by atoms with Crippen LogP contribution in [0.4, 0.5) is 5.69 Å². The number of nitrogens with one attached hydrogen (secondary N) is 1. The molecule has 7 nitrogen and oxygen atoms in total. The minimum atomic E-state index is -3.83. The average molecular weight is 543 g/mol. The zero-order chi connectivity index (χ0) is 24.1. The van der Waals surface area contributed by atoms with Crippen LogP contribution in [0.25, 0.3) is 0 Å². The summed E-state index contributed by atoms with van der Waals surface area (Å²) < 4.78 is 34.2. The van der Waals surface area contributed by atoms with Crippen LogP contribution in [0.2, 0.25) is 0 Å². The van der Waals surface area contributed by atoms with Gasteiger partial charge in [0.2, 0.25) is 10.0 Å². The number of halogens is 1. The van der Waals surface area contributed by atoms with Crippen molar-refractivity contribution in [2.24, 2.45) is 0 Å². The molecule has 176 valence electrons. The van der Waals surface area contributed by atoms with Crippen molar-refractivity contribution in [3.05, 3.63) is 94.5 Å². The van der Waals surface area contributed by atoms with Crippen LogP contribution in [0, 0.1) is 0 Å². The molecule has 1 aliphatic heterocycles. The molecule has 1 aliphatic rings. The predicted molar refractivity (Wildman–Crippen MR) is 132 cm³/mol. The normalized spacial score (nSPS) is 15.9. The van der Waals surface area contributed by atoms with Crippen molar-refractivity contribution in [3.8, 4) is 0 Å². The third-order valence-corrected chi connectivity index (χ3v) is 8.02. The number of sulfonamides is 1. The van der Waals surface area contributed by atoms with E-state index in [0.29, 0.717) is 12.1 Å². The van der Waals surface area contributed by atoms with Crippen molar-refractivity contribution < 1.29 is 22.7 Å². The van der Waals surface area contributed by atoms with Crippen molar-refractivity contribution in [2.45, 2.75) is 23.8 Å². The Morgan fingerprint density at radius 3 is 2.38 bits per heavy atom. The molecule has 0 radical (unpaired) electrons. The minimum Gasteiger partial charge on any atom is -0.456 e. The van der Waals surface area contributed by atoms with Crippen LogP contribution in [0.1, 0.15) is 23.6 Å². The van der Waals surface area contributed by atoms with Gasteiger partial charge in [0.1, 0.15) is 0 Å². The highest BCUT2D eigenvalue weighted by Gasteiger charge is 2.37. The summed E-state index contributed by atoms with van der Waals surface area (Å²) in [6.07, 6.45) is 0.345. The second-order valence-electron chi connectivity index (χ2n) is 7.81. The lowest BCUT2D eigenvalue weighted by Gasteiger charge is -2.36. The van der Waals surface area contributed by atoms with Crippen molar-refractivity contribution >= 4 is 43.5 Å². The first kappa shape index (κ1) is 24.1. The average Bonchev–Trinajstić information content (AvgIpc) is 2.85. The molecule has 0 saturated carbocycles.